The van der Waals surface area contributed by atoms with E-state index in [1.807, 2.05) is 27.7 Å². The first-order valence-corrected chi connectivity index (χ1v) is 8.54. The molecule has 0 bridgehead atoms. The largest absolute Gasteiger partial charge is 0.495 e. The van der Waals surface area contributed by atoms with E-state index in [9.17, 15) is 13.2 Å². The standard InChI is InChI=1S/C14H20BNO6S/c1-13(2)14(3,4)22-15(21-13)11-8-9(23(16,18)19)6-7-10(11)12(17)20-5/h6-8H,1-5H3,(H2,16,18,19). The molecule has 7 nitrogen and oxygen atoms in total. The predicted molar refractivity (Wildman–Crippen MR) is 84.9 cm³/mol. The zero-order valence-corrected chi connectivity index (χ0v) is 14.6. The molecule has 0 amide bonds. The minimum absolute atomic E-state index is 0.130. The molecule has 1 saturated heterocycles. The molecule has 126 valence electrons. The van der Waals surface area contributed by atoms with E-state index in [1.54, 1.807) is 0 Å². The molecule has 0 spiro atoms. The Morgan fingerprint density at radius 3 is 2.13 bits per heavy atom. The van der Waals surface area contributed by atoms with Crippen LogP contribution in [0.3, 0.4) is 0 Å². The summed E-state index contributed by atoms with van der Waals surface area (Å²) < 4.78 is 39.7. The number of methoxy groups -OCH3 is 1. The Hall–Kier alpha value is -1.42. The summed E-state index contributed by atoms with van der Waals surface area (Å²) in [5.74, 6) is -0.615. The molecule has 23 heavy (non-hydrogen) atoms. The van der Waals surface area contributed by atoms with Crippen LogP contribution in [0.15, 0.2) is 23.1 Å². The SMILES string of the molecule is COC(=O)c1ccc(S(N)(=O)=O)cc1B1OC(C)(C)C(C)(C)O1. The van der Waals surface area contributed by atoms with Gasteiger partial charge in [0.15, 0.2) is 0 Å². The molecule has 2 rings (SSSR count). The van der Waals surface area contributed by atoms with E-state index in [0.29, 0.717) is 0 Å². The average Bonchev–Trinajstić information content (AvgIpc) is 2.65. The molecular weight excluding hydrogens is 321 g/mol. The van der Waals surface area contributed by atoms with E-state index >= 15 is 0 Å². The fourth-order valence-corrected chi connectivity index (χ4v) is 2.73. The fraction of sp³-hybridized carbons (Fsp3) is 0.500. The van der Waals surface area contributed by atoms with Crippen LogP contribution in [0.4, 0.5) is 0 Å². The maximum Gasteiger partial charge on any atom is 0.495 e. The Balaban J connectivity index is 2.57. The van der Waals surface area contributed by atoms with Gasteiger partial charge in [0, 0.05) is 0 Å². The Bertz CT molecular complexity index is 728. The van der Waals surface area contributed by atoms with Crippen molar-refractivity contribution in [3.63, 3.8) is 0 Å². The smallest absolute Gasteiger partial charge is 0.465 e. The van der Waals surface area contributed by atoms with Gasteiger partial charge in [-0.25, -0.2) is 18.4 Å². The first-order valence-electron chi connectivity index (χ1n) is 7.00. The van der Waals surface area contributed by atoms with E-state index in [1.165, 1.54) is 25.3 Å². The lowest BCUT2D eigenvalue weighted by Crippen LogP contribution is -2.41. The highest BCUT2D eigenvalue weighted by atomic mass is 32.2. The number of benzene rings is 1. The molecule has 0 aliphatic carbocycles. The number of ether oxygens (including phenoxy) is 1. The molecule has 1 aliphatic heterocycles. The summed E-state index contributed by atoms with van der Waals surface area (Å²) in [5.41, 5.74) is -0.842. The number of sulfonamides is 1. The van der Waals surface area contributed by atoms with Crippen LogP contribution in [0, 0.1) is 0 Å². The number of carbonyl (C=O) groups excluding carboxylic acids is 1. The van der Waals surface area contributed by atoms with E-state index in [2.05, 4.69) is 0 Å². The van der Waals surface area contributed by atoms with Crippen molar-refractivity contribution in [2.24, 2.45) is 5.14 Å². The van der Waals surface area contributed by atoms with Gasteiger partial charge in [-0.2, -0.15) is 0 Å². The molecule has 1 aromatic rings. The molecule has 1 heterocycles. The van der Waals surface area contributed by atoms with Gasteiger partial charge in [-0.15, -0.1) is 0 Å². The van der Waals surface area contributed by atoms with Gasteiger partial charge in [0.25, 0.3) is 0 Å². The summed E-state index contributed by atoms with van der Waals surface area (Å²) >= 11 is 0. The molecule has 2 N–H and O–H groups in total. The summed E-state index contributed by atoms with van der Waals surface area (Å²) in [5, 5.41) is 5.16. The monoisotopic (exact) mass is 341 g/mol. The molecule has 1 fully saturated rings. The second-order valence-electron chi connectivity index (χ2n) is 6.37. The molecule has 9 heteroatoms. The summed E-state index contributed by atoms with van der Waals surface area (Å²) in [6.07, 6.45) is 0. The van der Waals surface area contributed by atoms with Gasteiger partial charge in [0.2, 0.25) is 10.0 Å². The first kappa shape index (κ1) is 17.9. The summed E-state index contributed by atoms with van der Waals surface area (Å²) in [7, 11) is -3.59. The maximum atomic E-state index is 12.0. The van der Waals surface area contributed by atoms with Crippen molar-refractivity contribution in [2.45, 2.75) is 43.8 Å². The maximum absolute atomic E-state index is 12.0. The van der Waals surface area contributed by atoms with Crippen LogP contribution in [-0.4, -0.2) is 39.8 Å². The lowest BCUT2D eigenvalue weighted by atomic mass is 9.76. The Kier molecular flexibility index (Phi) is 4.36. The molecule has 0 saturated carbocycles. The highest BCUT2D eigenvalue weighted by Crippen LogP contribution is 2.36. The van der Waals surface area contributed by atoms with Gasteiger partial charge in [-0.3, -0.25) is 0 Å². The molecule has 0 aromatic heterocycles. The molecular formula is C14H20BNO6S. The molecule has 0 unspecified atom stereocenters. The van der Waals surface area contributed by atoms with E-state index in [4.69, 9.17) is 19.2 Å². The van der Waals surface area contributed by atoms with Crippen LogP contribution in [-0.2, 0) is 24.1 Å². The van der Waals surface area contributed by atoms with Gasteiger partial charge in [0.1, 0.15) is 0 Å². The third kappa shape index (κ3) is 3.28. The van der Waals surface area contributed by atoms with Crippen molar-refractivity contribution in [2.75, 3.05) is 7.11 Å². The van der Waals surface area contributed by atoms with Gasteiger partial charge in [-0.1, -0.05) is 0 Å². The minimum atomic E-state index is -3.92. The first-order chi connectivity index (χ1) is 10.4. The molecule has 1 aromatic carbocycles. The lowest BCUT2D eigenvalue weighted by molar-refractivity contribution is 0.00578. The van der Waals surface area contributed by atoms with Crippen LogP contribution >= 0.6 is 0 Å². The normalized spacial score (nSPS) is 19.7. The van der Waals surface area contributed by atoms with Gasteiger partial charge < -0.3 is 14.0 Å². The van der Waals surface area contributed by atoms with Crippen LogP contribution in [0.1, 0.15) is 38.1 Å². The van der Waals surface area contributed by atoms with Crippen molar-refractivity contribution >= 4 is 28.6 Å². The fourth-order valence-electron chi connectivity index (χ4n) is 2.18. The Morgan fingerprint density at radius 1 is 1.17 bits per heavy atom. The van der Waals surface area contributed by atoms with Crippen LogP contribution in [0.25, 0.3) is 0 Å². The zero-order chi connectivity index (χ0) is 17.6. The summed E-state index contributed by atoms with van der Waals surface area (Å²) in [6, 6.07) is 3.87. The number of carbonyl (C=O) groups is 1. The van der Waals surface area contributed by atoms with Crippen molar-refractivity contribution in [1.29, 1.82) is 0 Å². The third-order valence-corrected chi connectivity index (χ3v) is 5.18. The zero-order valence-electron chi connectivity index (χ0n) is 13.7. The van der Waals surface area contributed by atoms with Crippen LogP contribution in [0.2, 0.25) is 0 Å². The lowest BCUT2D eigenvalue weighted by Gasteiger charge is -2.32. The second-order valence-corrected chi connectivity index (χ2v) is 7.94. The topological polar surface area (TPSA) is 105 Å². The number of esters is 1. The number of primary sulfonamides is 1. The summed E-state index contributed by atoms with van der Waals surface area (Å²) in [4.78, 5) is 11.8. The number of rotatable bonds is 3. The van der Waals surface area contributed by atoms with Crippen molar-refractivity contribution in [3.8, 4) is 0 Å². The highest BCUT2D eigenvalue weighted by molar-refractivity contribution is 7.89. The predicted octanol–water partition coefficient (Wildman–Crippen LogP) is 0.420. The van der Waals surface area contributed by atoms with Gasteiger partial charge >= 0.3 is 13.1 Å². The minimum Gasteiger partial charge on any atom is -0.465 e. The molecule has 1 aliphatic rings. The third-order valence-electron chi connectivity index (χ3n) is 4.26. The molecule has 0 atom stereocenters. The van der Waals surface area contributed by atoms with E-state index in [-0.39, 0.29) is 15.9 Å². The van der Waals surface area contributed by atoms with Crippen molar-refractivity contribution in [1.82, 2.24) is 0 Å². The van der Waals surface area contributed by atoms with Crippen LogP contribution < -0.4 is 10.6 Å². The Morgan fingerprint density at radius 2 is 1.70 bits per heavy atom. The Labute approximate surface area is 136 Å². The van der Waals surface area contributed by atoms with Crippen molar-refractivity contribution in [3.05, 3.63) is 23.8 Å². The number of hydrogen-bond acceptors (Lipinski definition) is 6. The van der Waals surface area contributed by atoms with Crippen LogP contribution in [0.5, 0.6) is 0 Å². The van der Waals surface area contributed by atoms with E-state index in [0.717, 1.165) is 0 Å². The quantitative estimate of drug-likeness (QED) is 0.631. The van der Waals surface area contributed by atoms with E-state index < -0.39 is 34.3 Å². The van der Waals surface area contributed by atoms with Crippen molar-refractivity contribution < 1.29 is 27.3 Å². The number of nitrogens with two attached hydrogens (primary N) is 1. The number of hydrogen-bond donors (Lipinski definition) is 1. The molecule has 0 radical (unpaired) electrons. The average molecular weight is 341 g/mol. The van der Waals surface area contributed by atoms with Gasteiger partial charge in [-0.05, 0) is 51.4 Å². The second kappa shape index (κ2) is 5.59. The highest BCUT2D eigenvalue weighted by Gasteiger charge is 2.52. The summed E-state index contributed by atoms with van der Waals surface area (Å²) in [6.45, 7) is 7.42. The van der Waals surface area contributed by atoms with Gasteiger partial charge in [0.05, 0.1) is 28.8 Å².